The third-order valence-corrected chi connectivity index (χ3v) is 4.05. The Morgan fingerprint density at radius 1 is 1.48 bits per heavy atom. The van der Waals surface area contributed by atoms with Gasteiger partial charge in [0.1, 0.15) is 5.82 Å². The number of carbonyl (C=O) groups is 2. The minimum atomic E-state index is -1.36. The number of thioether (sulfide) groups is 1. The largest absolute Gasteiger partial charge is 0.463 e. The number of nitrogens with zero attached hydrogens (tertiary/aromatic N) is 2. The molecule has 0 aromatic heterocycles. The summed E-state index contributed by atoms with van der Waals surface area (Å²) in [5.74, 6) is -0.494. The van der Waals surface area contributed by atoms with Crippen molar-refractivity contribution in [2.24, 2.45) is 4.99 Å². The quantitative estimate of drug-likeness (QED) is 0.909. The first-order chi connectivity index (χ1) is 9.81. The molecule has 1 aromatic carbocycles. The second-order valence-electron chi connectivity index (χ2n) is 5.01. The van der Waals surface area contributed by atoms with E-state index >= 15 is 0 Å². The van der Waals surface area contributed by atoms with Crippen molar-refractivity contribution in [3.63, 3.8) is 0 Å². The summed E-state index contributed by atoms with van der Waals surface area (Å²) in [6, 6.07) is 2.95. The monoisotopic (exact) mass is 310 g/mol. The maximum atomic E-state index is 13.8. The molecular formula is C14H15FN2O3S. The van der Waals surface area contributed by atoms with Crippen molar-refractivity contribution in [2.45, 2.75) is 26.7 Å². The summed E-state index contributed by atoms with van der Waals surface area (Å²) in [4.78, 5) is 27.6. The first kappa shape index (κ1) is 15.5. The fourth-order valence-electron chi connectivity index (χ4n) is 2.10. The molecule has 0 spiro atoms. The van der Waals surface area contributed by atoms with Crippen molar-refractivity contribution < 1.29 is 19.1 Å². The predicted octanol–water partition coefficient (Wildman–Crippen LogP) is 3.37. The number of hydrogen-bond donors (Lipinski definition) is 1. The number of amidine groups is 1. The van der Waals surface area contributed by atoms with Gasteiger partial charge in [0.15, 0.2) is 5.17 Å². The molecule has 21 heavy (non-hydrogen) atoms. The van der Waals surface area contributed by atoms with Crippen LogP contribution in [0.25, 0.3) is 0 Å². The minimum absolute atomic E-state index is 0.0143. The molecule has 112 valence electrons. The van der Waals surface area contributed by atoms with Crippen molar-refractivity contribution in [3.05, 3.63) is 29.1 Å². The van der Waals surface area contributed by atoms with Crippen molar-refractivity contribution in [1.82, 2.24) is 0 Å². The highest BCUT2D eigenvalue weighted by atomic mass is 32.2. The lowest BCUT2D eigenvalue weighted by Crippen LogP contribution is -2.31. The highest BCUT2D eigenvalue weighted by Crippen LogP contribution is 2.35. The van der Waals surface area contributed by atoms with Gasteiger partial charge in [0.2, 0.25) is 5.91 Å². The highest BCUT2D eigenvalue weighted by molar-refractivity contribution is 8.15. The first-order valence-electron chi connectivity index (χ1n) is 6.38. The van der Waals surface area contributed by atoms with Gasteiger partial charge in [0.05, 0.1) is 11.4 Å². The van der Waals surface area contributed by atoms with Crippen LogP contribution < -0.4 is 4.90 Å². The lowest BCUT2D eigenvalue weighted by Gasteiger charge is -2.22. The SMILES string of the molecule is Cc1cc(N2C(=O)CSC2=NC(=O)O)c(C(C)C)cc1F. The molecule has 0 bridgehead atoms. The zero-order valence-corrected chi connectivity index (χ0v) is 12.7. The smallest absolute Gasteiger partial charge is 0.433 e. The molecule has 2 rings (SSSR count). The van der Waals surface area contributed by atoms with E-state index in [9.17, 15) is 14.0 Å². The van der Waals surface area contributed by atoms with E-state index in [1.54, 1.807) is 13.0 Å². The predicted molar refractivity (Wildman–Crippen MR) is 80.6 cm³/mol. The molecule has 5 nitrogen and oxygen atoms in total. The number of benzene rings is 1. The topological polar surface area (TPSA) is 70.0 Å². The highest BCUT2D eigenvalue weighted by Gasteiger charge is 2.32. The van der Waals surface area contributed by atoms with E-state index < -0.39 is 6.09 Å². The van der Waals surface area contributed by atoms with Gasteiger partial charge in [-0.3, -0.25) is 9.69 Å². The molecule has 1 aromatic rings. The van der Waals surface area contributed by atoms with Crippen LogP contribution in [0.2, 0.25) is 0 Å². The van der Waals surface area contributed by atoms with Gasteiger partial charge in [-0.1, -0.05) is 25.6 Å². The van der Waals surface area contributed by atoms with E-state index in [1.165, 1.54) is 11.0 Å². The molecule has 2 amide bonds. The first-order valence-corrected chi connectivity index (χ1v) is 7.37. The standard InChI is InChI=1S/C14H15FN2O3S/c1-7(2)9-5-10(15)8(3)4-11(9)17-12(18)6-21-13(17)16-14(19)20/h4-5,7H,6H2,1-3H3,(H,19,20). The van der Waals surface area contributed by atoms with E-state index in [4.69, 9.17) is 5.11 Å². The summed E-state index contributed by atoms with van der Waals surface area (Å²) >= 11 is 1.06. The number of anilines is 1. The van der Waals surface area contributed by atoms with Gasteiger partial charge >= 0.3 is 6.09 Å². The van der Waals surface area contributed by atoms with Crippen LogP contribution in [-0.4, -0.2) is 28.0 Å². The zero-order valence-electron chi connectivity index (χ0n) is 11.9. The van der Waals surface area contributed by atoms with Crippen LogP contribution in [0.5, 0.6) is 0 Å². The van der Waals surface area contributed by atoms with E-state index in [-0.39, 0.29) is 28.6 Å². The number of carboxylic acid groups (broad SMARTS) is 1. The average molecular weight is 310 g/mol. The molecule has 0 atom stereocenters. The van der Waals surface area contributed by atoms with Crippen LogP contribution in [0.4, 0.5) is 14.9 Å². The van der Waals surface area contributed by atoms with E-state index in [2.05, 4.69) is 4.99 Å². The number of aryl methyl sites for hydroxylation is 1. The molecular weight excluding hydrogens is 295 g/mol. The van der Waals surface area contributed by atoms with Gasteiger partial charge < -0.3 is 5.11 Å². The Morgan fingerprint density at radius 3 is 2.71 bits per heavy atom. The fraction of sp³-hybridized carbons (Fsp3) is 0.357. The fourth-order valence-corrected chi connectivity index (χ4v) is 2.95. The number of carbonyl (C=O) groups excluding carboxylic acids is 1. The third kappa shape index (κ3) is 3.07. The third-order valence-electron chi connectivity index (χ3n) is 3.13. The molecule has 7 heteroatoms. The molecule has 1 heterocycles. The Morgan fingerprint density at radius 2 is 2.14 bits per heavy atom. The van der Waals surface area contributed by atoms with Crippen molar-refractivity contribution in [3.8, 4) is 0 Å². The van der Waals surface area contributed by atoms with Crippen molar-refractivity contribution in [1.29, 1.82) is 0 Å². The van der Waals surface area contributed by atoms with Crippen LogP contribution in [-0.2, 0) is 4.79 Å². The van der Waals surface area contributed by atoms with Crippen LogP contribution in [0.15, 0.2) is 17.1 Å². The second kappa shape index (κ2) is 5.85. The van der Waals surface area contributed by atoms with Gasteiger partial charge in [0, 0.05) is 0 Å². The summed E-state index contributed by atoms with van der Waals surface area (Å²) in [5, 5.41) is 8.91. The van der Waals surface area contributed by atoms with Crippen LogP contribution in [0, 0.1) is 12.7 Å². The number of amides is 2. The number of rotatable bonds is 2. The molecule has 0 unspecified atom stereocenters. The van der Waals surface area contributed by atoms with Gasteiger partial charge in [0.25, 0.3) is 0 Å². The Labute approximate surface area is 125 Å². The van der Waals surface area contributed by atoms with Gasteiger partial charge in [-0.15, -0.1) is 0 Å². The van der Waals surface area contributed by atoms with Crippen molar-refractivity contribution in [2.75, 3.05) is 10.7 Å². The van der Waals surface area contributed by atoms with Crippen LogP contribution in [0.1, 0.15) is 30.9 Å². The molecule has 1 saturated heterocycles. The molecule has 0 saturated carbocycles. The maximum absolute atomic E-state index is 13.8. The lowest BCUT2D eigenvalue weighted by atomic mass is 9.98. The summed E-state index contributed by atoms with van der Waals surface area (Å²) in [7, 11) is 0. The molecule has 0 aliphatic carbocycles. The number of hydrogen-bond acceptors (Lipinski definition) is 3. The Balaban J connectivity index is 2.60. The Kier molecular flexibility index (Phi) is 4.32. The Hall–Kier alpha value is -1.89. The van der Waals surface area contributed by atoms with E-state index in [0.29, 0.717) is 16.8 Å². The zero-order chi connectivity index (χ0) is 15.7. The second-order valence-corrected chi connectivity index (χ2v) is 5.95. The summed E-state index contributed by atoms with van der Waals surface area (Å²) in [5.41, 5.74) is 1.54. The minimum Gasteiger partial charge on any atom is -0.463 e. The Bertz CT molecular complexity index is 643. The van der Waals surface area contributed by atoms with Crippen molar-refractivity contribution >= 4 is 34.6 Å². The van der Waals surface area contributed by atoms with E-state index in [0.717, 1.165) is 11.8 Å². The summed E-state index contributed by atoms with van der Waals surface area (Å²) in [6.07, 6.45) is -1.36. The summed E-state index contributed by atoms with van der Waals surface area (Å²) < 4.78 is 13.8. The van der Waals surface area contributed by atoms with Gasteiger partial charge in [-0.25, -0.2) is 9.18 Å². The lowest BCUT2D eigenvalue weighted by molar-refractivity contribution is -0.115. The van der Waals surface area contributed by atoms with Gasteiger partial charge in [-0.2, -0.15) is 4.99 Å². The van der Waals surface area contributed by atoms with E-state index in [1.807, 2.05) is 13.8 Å². The summed E-state index contributed by atoms with van der Waals surface area (Å²) in [6.45, 7) is 5.37. The maximum Gasteiger partial charge on any atom is 0.433 e. The molecule has 1 fully saturated rings. The molecule has 1 N–H and O–H groups in total. The molecule has 0 radical (unpaired) electrons. The number of aliphatic imine (C=N–C) groups is 1. The molecule has 1 aliphatic rings. The van der Waals surface area contributed by atoms with Gasteiger partial charge in [-0.05, 0) is 36.1 Å². The van der Waals surface area contributed by atoms with Crippen LogP contribution in [0.3, 0.4) is 0 Å². The average Bonchev–Trinajstić information content (AvgIpc) is 2.72. The molecule has 1 aliphatic heterocycles. The van der Waals surface area contributed by atoms with Crippen LogP contribution >= 0.6 is 11.8 Å². The number of halogens is 1. The normalized spacial score (nSPS) is 17.1.